The van der Waals surface area contributed by atoms with Crippen LogP contribution in [0.25, 0.3) is 0 Å². The largest absolute Gasteiger partial charge is 0.358 e. The van der Waals surface area contributed by atoms with E-state index in [0.29, 0.717) is 17.4 Å². The summed E-state index contributed by atoms with van der Waals surface area (Å²) in [6.07, 6.45) is 7.79. The highest BCUT2D eigenvalue weighted by Gasteiger charge is 2.30. The van der Waals surface area contributed by atoms with Crippen molar-refractivity contribution >= 4 is 16.7 Å². The van der Waals surface area contributed by atoms with Gasteiger partial charge in [0.2, 0.25) is 5.13 Å². The molecule has 1 heterocycles. The van der Waals surface area contributed by atoms with Crippen LogP contribution in [0.1, 0.15) is 64.1 Å². The Hall–Kier alpha value is -0.640. The van der Waals surface area contributed by atoms with Crippen LogP contribution in [-0.2, 0) is 0 Å². The SMILES string of the molecule is CC1(C)CCCC(Nc2nc(C3CC3)ns2)C1. The fourth-order valence-corrected chi connectivity index (χ4v) is 3.52. The van der Waals surface area contributed by atoms with Crippen LogP contribution < -0.4 is 5.32 Å². The molecule has 4 heteroatoms. The van der Waals surface area contributed by atoms with E-state index in [1.807, 2.05) is 0 Å². The lowest BCUT2D eigenvalue weighted by Crippen LogP contribution is -2.31. The molecule has 1 aromatic heterocycles. The van der Waals surface area contributed by atoms with E-state index in [-0.39, 0.29) is 0 Å². The lowest BCUT2D eigenvalue weighted by atomic mass is 9.75. The van der Waals surface area contributed by atoms with Gasteiger partial charge in [0.05, 0.1) is 0 Å². The van der Waals surface area contributed by atoms with Gasteiger partial charge < -0.3 is 5.32 Å². The number of anilines is 1. The molecule has 0 bridgehead atoms. The zero-order valence-electron chi connectivity index (χ0n) is 10.7. The Morgan fingerprint density at radius 2 is 2.12 bits per heavy atom. The van der Waals surface area contributed by atoms with Crippen LogP contribution in [0.2, 0.25) is 0 Å². The minimum atomic E-state index is 0.486. The molecule has 1 N–H and O–H groups in total. The highest BCUT2D eigenvalue weighted by molar-refractivity contribution is 7.09. The smallest absolute Gasteiger partial charge is 0.202 e. The third-order valence-corrected chi connectivity index (χ3v) is 4.58. The Labute approximate surface area is 107 Å². The highest BCUT2D eigenvalue weighted by atomic mass is 32.1. The summed E-state index contributed by atoms with van der Waals surface area (Å²) in [4.78, 5) is 4.61. The number of nitrogens with one attached hydrogen (secondary N) is 1. The monoisotopic (exact) mass is 251 g/mol. The molecule has 94 valence electrons. The fourth-order valence-electron chi connectivity index (χ4n) is 2.80. The lowest BCUT2D eigenvalue weighted by Gasteiger charge is -2.35. The van der Waals surface area contributed by atoms with Crippen molar-refractivity contribution in [3.05, 3.63) is 5.82 Å². The third kappa shape index (κ3) is 2.79. The maximum atomic E-state index is 4.61. The van der Waals surface area contributed by atoms with Crippen molar-refractivity contribution in [2.24, 2.45) is 5.41 Å². The lowest BCUT2D eigenvalue weighted by molar-refractivity contribution is 0.229. The maximum absolute atomic E-state index is 4.61. The average molecular weight is 251 g/mol. The molecule has 2 saturated carbocycles. The molecule has 3 rings (SSSR count). The first kappa shape index (κ1) is 11.5. The Bertz CT molecular complexity index is 395. The van der Waals surface area contributed by atoms with E-state index in [1.165, 1.54) is 50.1 Å². The van der Waals surface area contributed by atoms with Crippen molar-refractivity contribution in [1.29, 1.82) is 0 Å². The van der Waals surface area contributed by atoms with Gasteiger partial charge in [-0.3, -0.25) is 0 Å². The predicted octanol–water partition coefficient (Wildman–Crippen LogP) is 3.80. The molecule has 0 aliphatic heterocycles. The van der Waals surface area contributed by atoms with Crippen LogP contribution in [0.3, 0.4) is 0 Å². The topological polar surface area (TPSA) is 37.8 Å². The molecule has 1 unspecified atom stereocenters. The van der Waals surface area contributed by atoms with Crippen molar-refractivity contribution in [3.63, 3.8) is 0 Å². The summed E-state index contributed by atoms with van der Waals surface area (Å²) in [6.45, 7) is 4.74. The van der Waals surface area contributed by atoms with Crippen LogP contribution >= 0.6 is 11.5 Å². The highest BCUT2D eigenvalue weighted by Crippen LogP contribution is 2.40. The Morgan fingerprint density at radius 3 is 2.82 bits per heavy atom. The molecule has 0 aromatic carbocycles. The Kier molecular flexibility index (Phi) is 2.85. The van der Waals surface area contributed by atoms with E-state index >= 15 is 0 Å². The van der Waals surface area contributed by atoms with E-state index in [1.54, 1.807) is 0 Å². The summed E-state index contributed by atoms with van der Waals surface area (Å²) in [7, 11) is 0. The number of aromatic nitrogens is 2. The van der Waals surface area contributed by atoms with Gasteiger partial charge in [-0.2, -0.15) is 4.37 Å². The maximum Gasteiger partial charge on any atom is 0.202 e. The van der Waals surface area contributed by atoms with E-state index in [2.05, 4.69) is 28.5 Å². The van der Waals surface area contributed by atoms with Crippen molar-refractivity contribution in [2.45, 2.75) is 64.3 Å². The van der Waals surface area contributed by atoms with E-state index in [4.69, 9.17) is 0 Å². The van der Waals surface area contributed by atoms with Gasteiger partial charge in [-0.25, -0.2) is 4.98 Å². The normalized spacial score (nSPS) is 28.0. The van der Waals surface area contributed by atoms with E-state index in [0.717, 1.165) is 11.0 Å². The summed E-state index contributed by atoms with van der Waals surface area (Å²) in [5.74, 6) is 1.75. The average Bonchev–Trinajstić information content (AvgIpc) is 2.99. The van der Waals surface area contributed by atoms with Gasteiger partial charge in [-0.1, -0.05) is 20.3 Å². The van der Waals surface area contributed by atoms with Crippen molar-refractivity contribution in [1.82, 2.24) is 9.36 Å². The molecule has 1 atom stereocenters. The van der Waals surface area contributed by atoms with E-state index < -0.39 is 0 Å². The molecule has 2 aliphatic rings. The van der Waals surface area contributed by atoms with Crippen molar-refractivity contribution in [2.75, 3.05) is 5.32 Å². The molecule has 3 nitrogen and oxygen atoms in total. The Balaban J connectivity index is 1.61. The zero-order chi connectivity index (χ0) is 11.9. The third-order valence-electron chi connectivity index (χ3n) is 3.92. The van der Waals surface area contributed by atoms with Crippen LogP contribution in [0, 0.1) is 5.41 Å². The first-order valence-corrected chi connectivity index (χ1v) is 7.50. The molecule has 0 amide bonds. The fraction of sp³-hybridized carbons (Fsp3) is 0.846. The molecular formula is C13H21N3S. The number of nitrogens with zero attached hydrogens (tertiary/aromatic N) is 2. The van der Waals surface area contributed by atoms with Gasteiger partial charge in [0, 0.05) is 23.5 Å². The Morgan fingerprint density at radius 1 is 1.29 bits per heavy atom. The number of rotatable bonds is 3. The zero-order valence-corrected chi connectivity index (χ0v) is 11.5. The number of hydrogen-bond acceptors (Lipinski definition) is 4. The van der Waals surface area contributed by atoms with Gasteiger partial charge in [-0.05, 0) is 37.5 Å². The van der Waals surface area contributed by atoms with Gasteiger partial charge in [0.1, 0.15) is 5.82 Å². The van der Waals surface area contributed by atoms with Crippen LogP contribution in [0.4, 0.5) is 5.13 Å². The predicted molar refractivity (Wildman–Crippen MR) is 71.5 cm³/mol. The first-order chi connectivity index (χ1) is 8.12. The van der Waals surface area contributed by atoms with Crippen LogP contribution in [0.15, 0.2) is 0 Å². The summed E-state index contributed by atoms with van der Waals surface area (Å²) < 4.78 is 4.45. The molecular weight excluding hydrogens is 230 g/mol. The van der Waals surface area contributed by atoms with Crippen LogP contribution in [-0.4, -0.2) is 15.4 Å². The standard InChI is InChI=1S/C13H21N3S/c1-13(2)7-3-4-10(8-13)14-12-15-11(16-17-12)9-5-6-9/h9-10H,3-8H2,1-2H3,(H,14,15,16). The molecule has 0 saturated heterocycles. The second-order valence-corrected chi connectivity index (χ2v) is 7.09. The van der Waals surface area contributed by atoms with Crippen molar-refractivity contribution in [3.8, 4) is 0 Å². The second-order valence-electron chi connectivity index (χ2n) is 6.33. The van der Waals surface area contributed by atoms with Gasteiger partial charge in [0.25, 0.3) is 0 Å². The first-order valence-electron chi connectivity index (χ1n) is 6.72. The second kappa shape index (κ2) is 4.23. The summed E-state index contributed by atoms with van der Waals surface area (Å²) >= 11 is 1.54. The summed E-state index contributed by atoms with van der Waals surface area (Å²) in [5.41, 5.74) is 0.486. The van der Waals surface area contributed by atoms with Gasteiger partial charge >= 0.3 is 0 Å². The summed E-state index contributed by atoms with van der Waals surface area (Å²) in [6, 6.07) is 0.596. The molecule has 2 fully saturated rings. The molecule has 17 heavy (non-hydrogen) atoms. The number of hydrogen-bond donors (Lipinski definition) is 1. The molecule has 0 radical (unpaired) electrons. The quantitative estimate of drug-likeness (QED) is 0.888. The molecule has 0 spiro atoms. The van der Waals surface area contributed by atoms with Crippen molar-refractivity contribution < 1.29 is 0 Å². The molecule has 2 aliphatic carbocycles. The minimum absolute atomic E-state index is 0.486. The van der Waals surface area contributed by atoms with Crippen LogP contribution in [0.5, 0.6) is 0 Å². The molecule has 1 aromatic rings. The van der Waals surface area contributed by atoms with Gasteiger partial charge in [-0.15, -0.1) is 0 Å². The summed E-state index contributed by atoms with van der Waals surface area (Å²) in [5, 5.41) is 4.62. The van der Waals surface area contributed by atoms with Gasteiger partial charge in [0.15, 0.2) is 0 Å². The minimum Gasteiger partial charge on any atom is -0.358 e. The van der Waals surface area contributed by atoms with E-state index in [9.17, 15) is 0 Å².